The van der Waals surface area contributed by atoms with Gasteiger partial charge >= 0.3 is 0 Å². The van der Waals surface area contributed by atoms with E-state index in [0.717, 1.165) is 26.2 Å². The Hall–Kier alpha value is -1.23. The van der Waals surface area contributed by atoms with Crippen LogP contribution in [-0.2, 0) is 0 Å². The number of hydrogen-bond acceptors (Lipinski definition) is 4. The Labute approximate surface area is 124 Å². The Bertz CT molecular complexity index is 530. The molecule has 20 heavy (non-hydrogen) atoms. The highest BCUT2D eigenvalue weighted by Crippen LogP contribution is 2.33. The maximum Gasteiger partial charge on any atom is 0.0697 e. The monoisotopic (exact) mass is 287 g/mol. The van der Waals surface area contributed by atoms with Crippen LogP contribution in [0.5, 0.6) is 0 Å². The van der Waals surface area contributed by atoms with E-state index in [2.05, 4.69) is 46.4 Å². The first-order chi connectivity index (χ1) is 9.84. The highest BCUT2D eigenvalue weighted by molar-refractivity contribution is 7.12. The van der Waals surface area contributed by atoms with E-state index in [0.29, 0.717) is 6.04 Å². The van der Waals surface area contributed by atoms with Crippen LogP contribution in [0.25, 0.3) is 0 Å². The molecular formula is C16H21N3S. The standard InChI is InChI=1S/C16H21N3S/c1-13-3-4-15(20-13)16(14-5-8-18-9-6-14)19-11-2-7-17-10-12-19/h3-6,8-9,16-17H,2,7,10-12H2,1H3. The molecular weight excluding hydrogens is 266 g/mol. The molecule has 0 saturated carbocycles. The molecule has 1 saturated heterocycles. The Balaban J connectivity index is 1.94. The number of aromatic nitrogens is 1. The second kappa shape index (κ2) is 6.48. The highest BCUT2D eigenvalue weighted by Gasteiger charge is 2.24. The maximum atomic E-state index is 4.16. The molecule has 3 nitrogen and oxygen atoms in total. The molecule has 1 fully saturated rings. The molecule has 2 aromatic rings. The number of nitrogens with zero attached hydrogens (tertiary/aromatic N) is 2. The van der Waals surface area contributed by atoms with E-state index in [1.54, 1.807) is 0 Å². The van der Waals surface area contributed by atoms with Gasteiger partial charge in [0.1, 0.15) is 0 Å². The van der Waals surface area contributed by atoms with Gasteiger partial charge in [-0.15, -0.1) is 11.3 Å². The fourth-order valence-corrected chi connectivity index (χ4v) is 3.87. The van der Waals surface area contributed by atoms with Crippen LogP contribution in [0.4, 0.5) is 0 Å². The summed E-state index contributed by atoms with van der Waals surface area (Å²) in [5.41, 5.74) is 1.35. The number of rotatable bonds is 3. The van der Waals surface area contributed by atoms with Gasteiger partial charge in [0.15, 0.2) is 0 Å². The van der Waals surface area contributed by atoms with Gasteiger partial charge in [-0.3, -0.25) is 9.88 Å². The van der Waals surface area contributed by atoms with Crippen LogP contribution in [0.3, 0.4) is 0 Å². The van der Waals surface area contributed by atoms with Crippen LogP contribution in [0.2, 0.25) is 0 Å². The van der Waals surface area contributed by atoms with E-state index in [4.69, 9.17) is 0 Å². The number of thiophene rings is 1. The number of hydrogen-bond donors (Lipinski definition) is 1. The molecule has 0 aromatic carbocycles. The van der Waals surface area contributed by atoms with Crippen LogP contribution < -0.4 is 5.32 Å². The zero-order chi connectivity index (χ0) is 13.8. The number of aryl methyl sites for hydroxylation is 1. The molecule has 1 aliphatic rings. The topological polar surface area (TPSA) is 28.2 Å². The Kier molecular flexibility index (Phi) is 4.45. The predicted molar refractivity (Wildman–Crippen MR) is 84.2 cm³/mol. The van der Waals surface area contributed by atoms with Crippen LogP contribution >= 0.6 is 11.3 Å². The Morgan fingerprint density at radius 1 is 1.15 bits per heavy atom. The van der Waals surface area contributed by atoms with E-state index in [1.165, 1.54) is 21.7 Å². The predicted octanol–water partition coefficient (Wildman–Crippen LogP) is 2.84. The fraction of sp³-hybridized carbons (Fsp3) is 0.438. The van der Waals surface area contributed by atoms with E-state index >= 15 is 0 Å². The van der Waals surface area contributed by atoms with Crippen molar-refractivity contribution in [3.63, 3.8) is 0 Å². The SMILES string of the molecule is Cc1ccc(C(c2ccncc2)N2CCCNCC2)s1. The third-order valence-electron chi connectivity index (χ3n) is 3.79. The first kappa shape index (κ1) is 13.7. The van der Waals surface area contributed by atoms with Crippen molar-refractivity contribution in [2.75, 3.05) is 26.2 Å². The van der Waals surface area contributed by atoms with Gasteiger partial charge in [0, 0.05) is 41.8 Å². The normalized spacial score (nSPS) is 18.6. The van der Waals surface area contributed by atoms with Gasteiger partial charge in [-0.1, -0.05) is 0 Å². The van der Waals surface area contributed by atoms with Gasteiger partial charge in [0.2, 0.25) is 0 Å². The lowest BCUT2D eigenvalue weighted by Gasteiger charge is -2.30. The quantitative estimate of drug-likeness (QED) is 0.941. The summed E-state index contributed by atoms with van der Waals surface area (Å²) in [4.78, 5) is 9.58. The van der Waals surface area contributed by atoms with Gasteiger partial charge < -0.3 is 5.32 Å². The lowest BCUT2D eigenvalue weighted by molar-refractivity contribution is 0.244. The largest absolute Gasteiger partial charge is 0.315 e. The molecule has 1 N–H and O–H groups in total. The van der Waals surface area contributed by atoms with Crippen molar-refractivity contribution < 1.29 is 0 Å². The second-order valence-corrected chi connectivity index (χ2v) is 6.59. The van der Waals surface area contributed by atoms with Gasteiger partial charge in [-0.2, -0.15) is 0 Å². The summed E-state index contributed by atoms with van der Waals surface area (Å²) in [5, 5.41) is 3.49. The Morgan fingerprint density at radius 3 is 2.75 bits per heavy atom. The van der Waals surface area contributed by atoms with Gasteiger partial charge in [0.25, 0.3) is 0 Å². The molecule has 1 aliphatic heterocycles. The third-order valence-corrected chi connectivity index (χ3v) is 4.85. The minimum atomic E-state index is 0.372. The minimum Gasteiger partial charge on any atom is -0.315 e. The molecule has 1 atom stereocenters. The molecule has 0 radical (unpaired) electrons. The summed E-state index contributed by atoms with van der Waals surface area (Å²) < 4.78 is 0. The summed E-state index contributed by atoms with van der Waals surface area (Å²) in [6.07, 6.45) is 5.02. The van der Waals surface area contributed by atoms with Crippen molar-refractivity contribution in [1.29, 1.82) is 0 Å². The zero-order valence-corrected chi connectivity index (χ0v) is 12.7. The van der Waals surface area contributed by atoms with Crippen LogP contribution in [0.1, 0.15) is 27.8 Å². The van der Waals surface area contributed by atoms with E-state index in [-0.39, 0.29) is 0 Å². The third kappa shape index (κ3) is 3.08. The molecule has 2 aromatic heterocycles. The highest BCUT2D eigenvalue weighted by atomic mass is 32.1. The fourth-order valence-electron chi connectivity index (χ4n) is 2.83. The maximum absolute atomic E-state index is 4.16. The summed E-state index contributed by atoms with van der Waals surface area (Å²) in [6, 6.07) is 9.18. The van der Waals surface area contributed by atoms with E-state index in [1.807, 2.05) is 23.7 Å². The molecule has 0 spiro atoms. The van der Waals surface area contributed by atoms with E-state index in [9.17, 15) is 0 Å². The molecule has 3 rings (SSSR count). The summed E-state index contributed by atoms with van der Waals surface area (Å²) in [7, 11) is 0. The number of nitrogens with one attached hydrogen (secondary N) is 1. The molecule has 3 heterocycles. The van der Waals surface area contributed by atoms with Crippen molar-refractivity contribution in [3.8, 4) is 0 Å². The summed E-state index contributed by atoms with van der Waals surface area (Å²) in [5.74, 6) is 0. The first-order valence-electron chi connectivity index (χ1n) is 7.25. The van der Waals surface area contributed by atoms with Gasteiger partial charge in [-0.25, -0.2) is 0 Å². The lowest BCUT2D eigenvalue weighted by Crippen LogP contribution is -2.32. The molecule has 106 valence electrons. The van der Waals surface area contributed by atoms with Crippen LogP contribution in [-0.4, -0.2) is 36.1 Å². The Morgan fingerprint density at radius 2 is 2.00 bits per heavy atom. The van der Waals surface area contributed by atoms with Crippen molar-refractivity contribution in [2.45, 2.75) is 19.4 Å². The molecule has 0 bridgehead atoms. The average Bonchev–Trinajstić information content (AvgIpc) is 2.74. The molecule has 4 heteroatoms. The minimum absolute atomic E-state index is 0.372. The van der Waals surface area contributed by atoms with Crippen LogP contribution in [0, 0.1) is 6.92 Å². The molecule has 0 amide bonds. The summed E-state index contributed by atoms with van der Waals surface area (Å²) in [6.45, 7) is 6.64. The van der Waals surface area contributed by atoms with Crippen molar-refractivity contribution >= 4 is 11.3 Å². The molecule has 1 unspecified atom stereocenters. The van der Waals surface area contributed by atoms with Crippen molar-refractivity contribution in [3.05, 3.63) is 52.0 Å². The van der Waals surface area contributed by atoms with Crippen LogP contribution in [0.15, 0.2) is 36.7 Å². The van der Waals surface area contributed by atoms with Gasteiger partial charge in [0.05, 0.1) is 6.04 Å². The number of pyridine rings is 1. The smallest absolute Gasteiger partial charge is 0.0697 e. The zero-order valence-electron chi connectivity index (χ0n) is 11.9. The van der Waals surface area contributed by atoms with Crippen molar-refractivity contribution in [2.24, 2.45) is 0 Å². The van der Waals surface area contributed by atoms with E-state index < -0.39 is 0 Å². The summed E-state index contributed by atoms with van der Waals surface area (Å²) >= 11 is 1.91. The first-order valence-corrected chi connectivity index (χ1v) is 8.07. The van der Waals surface area contributed by atoms with Crippen molar-refractivity contribution in [1.82, 2.24) is 15.2 Å². The second-order valence-electron chi connectivity index (χ2n) is 5.27. The lowest BCUT2D eigenvalue weighted by atomic mass is 10.0. The molecule has 0 aliphatic carbocycles. The van der Waals surface area contributed by atoms with Gasteiger partial charge in [-0.05, 0) is 49.7 Å². The average molecular weight is 287 g/mol.